The molecule has 0 aliphatic carbocycles. The fourth-order valence-electron chi connectivity index (χ4n) is 2.93. The lowest BCUT2D eigenvalue weighted by molar-refractivity contribution is -0.137. The van der Waals surface area contributed by atoms with Crippen LogP contribution in [0.15, 0.2) is 0 Å². The van der Waals surface area contributed by atoms with Gasteiger partial charge in [0.05, 0.1) is 0 Å². The minimum absolute atomic E-state index is 0.337. The summed E-state index contributed by atoms with van der Waals surface area (Å²) >= 11 is 3.67. The van der Waals surface area contributed by atoms with Crippen LogP contribution < -0.4 is 0 Å². The highest BCUT2D eigenvalue weighted by molar-refractivity contribution is 9.09. The van der Waals surface area contributed by atoms with Crippen LogP contribution in [0.1, 0.15) is 103 Å². The number of carbonyl (C=O) groups is 1. The molecule has 1 atom stereocenters. The number of hydrogen-bond donors (Lipinski definition) is 1. The summed E-state index contributed by atoms with van der Waals surface area (Å²) in [5.41, 5.74) is 0. The number of carboxylic acid groups (broad SMARTS) is 1. The van der Waals surface area contributed by atoms with Crippen molar-refractivity contribution < 1.29 is 9.90 Å². The van der Waals surface area contributed by atoms with Crippen LogP contribution in [0.25, 0.3) is 0 Å². The first kappa shape index (κ1) is 21.9. The molecule has 0 fully saturated rings. The largest absolute Gasteiger partial charge is 0.481 e. The lowest BCUT2D eigenvalue weighted by Gasteiger charge is -2.13. The lowest BCUT2D eigenvalue weighted by Crippen LogP contribution is -2.02. The Morgan fingerprint density at radius 3 is 1.73 bits per heavy atom. The van der Waals surface area contributed by atoms with E-state index in [0.29, 0.717) is 6.42 Å². The predicted molar refractivity (Wildman–Crippen MR) is 99.8 cm³/mol. The van der Waals surface area contributed by atoms with Crippen molar-refractivity contribution in [1.29, 1.82) is 0 Å². The molecule has 3 heteroatoms. The van der Waals surface area contributed by atoms with Gasteiger partial charge in [0.2, 0.25) is 0 Å². The Morgan fingerprint density at radius 2 is 1.27 bits per heavy atom. The van der Waals surface area contributed by atoms with Crippen LogP contribution in [-0.4, -0.2) is 16.4 Å². The molecule has 1 N–H and O–H groups in total. The summed E-state index contributed by atoms with van der Waals surface area (Å²) < 4.78 is 0. The van der Waals surface area contributed by atoms with Crippen LogP contribution in [0, 0.1) is 5.92 Å². The number of aliphatic carboxylic acids is 1. The van der Waals surface area contributed by atoms with E-state index in [0.717, 1.165) is 24.1 Å². The highest BCUT2D eigenvalue weighted by Crippen LogP contribution is 2.20. The standard InChI is InChI=1S/C19H37BrO2/c1-2-3-4-5-8-11-14-18(17-20)15-12-9-6-7-10-13-16-19(21)22/h18H,2-17H2,1H3,(H,21,22). The Balaban J connectivity index is 3.33. The molecule has 0 saturated heterocycles. The molecule has 0 saturated carbocycles. The van der Waals surface area contributed by atoms with E-state index in [2.05, 4.69) is 22.9 Å². The first-order valence-electron chi connectivity index (χ1n) is 9.48. The monoisotopic (exact) mass is 376 g/mol. The van der Waals surface area contributed by atoms with Crippen LogP contribution in [-0.2, 0) is 4.79 Å². The maximum atomic E-state index is 10.4. The summed E-state index contributed by atoms with van der Waals surface area (Å²) in [5, 5.41) is 9.72. The zero-order valence-electron chi connectivity index (χ0n) is 14.6. The van der Waals surface area contributed by atoms with Gasteiger partial charge in [-0.05, 0) is 25.2 Å². The molecule has 132 valence electrons. The number of halogens is 1. The van der Waals surface area contributed by atoms with Crippen molar-refractivity contribution in [3.05, 3.63) is 0 Å². The van der Waals surface area contributed by atoms with Gasteiger partial charge < -0.3 is 5.11 Å². The number of carboxylic acids is 1. The van der Waals surface area contributed by atoms with E-state index in [-0.39, 0.29) is 0 Å². The average Bonchev–Trinajstić information content (AvgIpc) is 2.50. The number of hydrogen-bond acceptors (Lipinski definition) is 1. The maximum Gasteiger partial charge on any atom is 0.303 e. The van der Waals surface area contributed by atoms with Crippen molar-refractivity contribution in [2.45, 2.75) is 103 Å². The molecule has 0 aromatic heterocycles. The highest BCUT2D eigenvalue weighted by atomic mass is 79.9. The van der Waals surface area contributed by atoms with Crippen LogP contribution >= 0.6 is 15.9 Å². The zero-order chi connectivity index (χ0) is 16.5. The summed E-state index contributed by atoms with van der Waals surface area (Å²) in [6.07, 6.45) is 18.5. The molecular weight excluding hydrogens is 340 g/mol. The molecule has 1 unspecified atom stereocenters. The minimum Gasteiger partial charge on any atom is -0.481 e. The fourth-order valence-corrected chi connectivity index (χ4v) is 3.58. The number of unbranched alkanes of at least 4 members (excludes halogenated alkanes) is 10. The fraction of sp³-hybridized carbons (Fsp3) is 0.947. The summed E-state index contributed by atoms with van der Waals surface area (Å²) in [6.45, 7) is 2.27. The molecule has 0 spiro atoms. The highest BCUT2D eigenvalue weighted by Gasteiger charge is 2.06. The van der Waals surface area contributed by atoms with Crippen molar-refractivity contribution in [2.24, 2.45) is 5.92 Å². The Hall–Kier alpha value is -0.0500. The topological polar surface area (TPSA) is 37.3 Å². The first-order valence-corrected chi connectivity index (χ1v) is 10.6. The SMILES string of the molecule is CCCCCCCCC(CBr)CCCCCCCCC(=O)O. The van der Waals surface area contributed by atoms with Gasteiger partial charge >= 0.3 is 5.97 Å². The minimum atomic E-state index is -0.658. The van der Waals surface area contributed by atoms with E-state index < -0.39 is 5.97 Å². The van der Waals surface area contributed by atoms with E-state index in [1.165, 1.54) is 77.0 Å². The molecule has 0 amide bonds. The molecular formula is C19H37BrO2. The van der Waals surface area contributed by atoms with Crippen molar-refractivity contribution in [2.75, 3.05) is 5.33 Å². The summed E-state index contributed by atoms with van der Waals surface area (Å²) in [7, 11) is 0. The number of alkyl halides is 1. The molecule has 0 aliphatic rings. The zero-order valence-corrected chi connectivity index (χ0v) is 16.2. The third kappa shape index (κ3) is 16.3. The quantitative estimate of drug-likeness (QED) is 0.220. The van der Waals surface area contributed by atoms with Gasteiger partial charge in [-0.2, -0.15) is 0 Å². The normalized spacial score (nSPS) is 12.5. The van der Waals surface area contributed by atoms with Crippen LogP contribution in [0.5, 0.6) is 0 Å². The van der Waals surface area contributed by atoms with E-state index in [1.54, 1.807) is 0 Å². The smallest absolute Gasteiger partial charge is 0.303 e. The third-order valence-electron chi connectivity index (χ3n) is 4.44. The van der Waals surface area contributed by atoms with Gasteiger partial charge in [0.25, 0.3) is 0 Å². The first-order chi connectivity index (χ1) is 10.7. The van der Waals surface area contributed by atoms with Crippen LogP contribution in [0.4, 0.5) is 0 Å². The molecule has 22 heavy (non-hydrogen) atoms. The molecule has 2 nitrogen and oxygen atoms in total. The molecule has 0 radical (unpaired) electrons. The van der Waals surface area contributed by atoms with Gasteiger partial charge in [-0.3, -0.25) is 4.79 Å². The molecule has 0 aromatic rings. The average molecular weight is 377 g/mol. The van der Waals surface area contributed by atoms with E-state index in [9.17, 15) is 4.79 Å². The van der Waals surface area contributed by atoms with Gasteiger partial charge in [-0.1, -0.05) is 93.5 Å². The van der Waals surface area contributed by atoms with Crippen molar-refractivity contribution >= 4 is 21.9 Å². The molecule has 0 heterocycles. The number of rotatable bonds is 17. The van der Waals surface area contributed by atoms with Crippen LogP contribution in [0.3, 0.4) is 0 Å². The Labute approximate surface area is 146 Å². The van der Waals surface area contributed by atoms with Gasteiger partial charge in [0, 0.05) is 11.8 Å². The summed E-state index contributed by atoms with van der Waals surface area (Å²) in [6, 6.07) is 0. The van der Waals surface area contributed by atoms with E-state index in [4.69, 9.17) is 5.11 Å². The second kappa shape index (κ2) is 17.3. The Bertz CT molecular complexity index is 244. The van der Waals surface area contributed by atoms with Crippen molar-refractivity contribution in [3.63, 3.8) is 0 Å². The summed E-state index contributed by atoms with van der Waals surface area (Å²) in [4.78, 5) is 10.4. The summed E-state index contributed by atoms with van der Waals surface area (Å²) in [5.74, 6) is 0.202. The molecule has 0 bridgehead atoms. The maximum absolute atomic E-state index is 10.4. The predicted octanol–water partition coefficient (Wildman–Crippen LogP) is 6.95. The molecule has 0 aliphatic heterocycles. The molecule has 0 rings (SSSR count). The Kier molecular flexibility index (Phi) is 17.3. The van der Waals surface area contributed by atoms with E-state index >= 15 is 0 Å². The second-order valence-corrected chi connectivity index (χ2v) is 7.28. The van der Waals surface area contributed by atoms with E-state index in [1.807, 2.05) is 0 Å². The Morgan fingerprint density at radius 1 is 0.818 bits per heavy atom. The van der Waals surface area contributed by atoms with Crippen molar-refractivity contribution in [3.8, 4) is 0 Å². The van der Waals surface area contributed by atoms with Crippen molar-refractivity contribution in [1.82, 2.24) is 0 Å². The van der Waals surface area contributed by atoms with Gasteiger partial charge in [0.15, 0.2) is 0 Å². The van der Waals surface area contributed by atoms with Gasteiger partial charge in [-0.25, -0.2) is 0 Å². The second-order valence-electron chi connectivity index (χ2n) is 6.63. The third-order valence-corrected chi connectivity index (χ3v) is 5.35. The lowest BCUT2D eigenvalue weighted by atomic mass is 9.96. The van der Waals surface area contributed by atoms with Gasteiger partial charge in [0.1, 0.15) is 0 Å². The van der Waals surface area contributed by atoms with Gasteiger partial charge in [-0.15, -0.1) is 0 Å². The van der Waals surface area contributed by atoms with Crippen LogP contribution in [0.2, 0.25) is 0 Å². The molecule has 0 aromatic carbocycles.